The van der Waals surface area contributed by atoms with E-state index in [0.717, 1.165) is 16.7 Å². The Labute approximate surface area is 139 Å². The van der Waals surface area contributed by atoms with E-state index in [4.69, 9.17) is 0 Å². The van der Waals surface area contributed by atoms with Crippen molar-refractivity contribution in [2.75, 3.05) is 18.4 Å². The van der Waals surface area contributed by atoms with Crippen molar-refractivity contribution in [3.8, 4) is 0 Å². The van der Waals surface area contributed by atoms with Gasteiger partial charge < -0.3 is 5.32 Å². The van der Waals surface area contributed by atoms with Crippen LogP contribution < -0.4 is 5.32 Å². The van der Waals surface area contributed by atoms with Gasteiger partial charge in [-0.05, 0) is 29.8 Å². The van der Waals surface area contributed by atoms with E-state index in [1.807, 2.05) is 48.5 Å². The molecule has 0 saturated heterocycles. The molecule has 114 valence electrons. The van der Waals surface area contributed by atoms with E-state index in [0.29, 0.717) is 13.1 Å². The third kappa shape index (κ3) is 5.47. The Bertz CT molecular complexity index is 611. The zero-order valence-electron chi connectivity index (χ0n) is 12.3. The van der Waals surface area contributed by atoms with Gasteiger partial charge in [0, 0.05) is 23.2 Å². The molecule has 2 aromatic carbocycles. The molecule has 0 unspecified atom stereocenters. The van der Waals surface area contributed by atoms with Crippen LogP contribution in [0.1, 0.15) is 5.56 Å². The van der Waals surface area contributed by atoms with Crippen LogP contribution in [-0.2, 0) is 11.3 Å². The van der Waals surface area contributed by atoms with Crippen molar-refractivity contribution in [3.05, 3.63) is 77.3 Å². The highest BCUT2D eigenvalue weighted by atomic mass is 79.9. The molecule has 3 nitrogen and oxygen atoms in total. The molecular weight excluding hydrogens is 340 g/mol. The molecule has 22 heavy (non-hydrogen) atoms. The number of anilines is 1. The summed E-state index contributed by atoms with van der Waals surface area (Å²) in [6.07, 6.45) is 1.82. The van der Waals surface area contributed by atoms with Crippen LogP contribution in [0.15, 0.2) is 71.7 Å². The molecule has 1 amide bonds. The minimum atomic E-state index is -0.0277. The van der Waals surface area contributed by atoms with Crippen LogP contribution in [-0.4, -0.2) is 23.9 Å². The Kier molecular flexibility index (Phi) is 6.37. The van der Waals surface area contributed by atoms with Gasteiger partial charge in [0.2, 0.25) is 5.91 Å². The number of benzene rings is 2. The summed E-state index contributed by atoms with van der Waals surface area (Å²) in [5.74, 6) is -0.0277. The number of nitrogens with one attached hydrogen (secondary N) is 1. The third-order valence-corrected chi connectivity index (χ3v) is 3.66. The maximum atomic E-state index is 12.2. The van der Waals surface area contributed by atoms with Crippen LogP contribution >= 0.6 is 15.9 Å². The monoisotopic (exact) mass is 358 g/mol. The summed E-state index contributed by atoms with van der Waals surface area (Å²) in [6, 6.07) is 17.7. The first-order valence-electron chi connectivity index (χ1n) is 7.10. The first-order chi connectivity index (χ1) is 10.7. The van der Waals surface area contributed by atoms with Gasteiger partial charge in [0.15, 0.2) is 0 Å². The van der Waals surface area contributed by atoms with Crippen molar-refractivity contribution in [2.45, 2.75) is 6.54 Å². The molecule has 2 aromatic rings. The van der Waals surface area contributed by atoms with Gasteiger partial charge in [0.1, 0.15) is 0 Å². The van der Waals surface area contributed by atoms with Crippen LogP contribution in [0, 0.1) is 0 Å². The second kappa shape index (κ2) is 8.51. The maximum Gasteiger partial charge on any atom is 0.238 e. The summed E-state index contributed by atoms with van der Waals surface area (Å²) in [5, 5.41) is 2.91. The predicted molar refractivity (Wildman–Crippen MR) is 94.7 cm³/mol. The van der Waals surface area contributed by atoms with Gasteiger partial charge in [-0.25, -0.2) is 0 Å². The summed E-state index contributed by atoms with van der Waals surface area (Å²) >= 11 is 3.38. The normalized spacial score (nSPS) is 10.5. The molecular formula is C18H19BrN2O. The smallest absolute Gasteiger partial charge is 0.238 e. The lowest BCUT2D eigenvalue weighted by molar-refractivity contribution is -0.117. The molecule has 0 aliphatic carbocycles. The fourth-order valence-corrected chi connectivity index (χ4v) is 2.41. The number of hydrogen-bond donors (Lipinski definition) is 1. The van der Waals surface area contributed by atoms with Gasteiger partial charge in [0.25, 0.3) is 0 Å². The van der Waals surface area contributed by atoms with Gasteiger partial charge in [-0.2, -0.15) is 0 Å². The average Bonchev–Trinajstić information content (AvgIpc) is 2.51. The second-order valence-corrected chi connectivity index (χ2v) is 5.91. The second-order valence-electron chi connectivity index (χ2n) is 5.00. The Balaban J connectivity index is 1.93. The Hall–Kier alpha value is -1.91. The quantitative estimate of drug-likeness (QED) is 0.756. The van der Waals surface area contributed by atoms with Gasteiger partial charge in [0.05, 0.1) is 6.54 Å². The van der Waals surface area contributed by atoms with E-state index < -0.39 is 0 Å². The van der Waals surface area contributed by atoms with Crippen molar-refractivity contribution in [1.29, 1.82) is 0 Å². The Morgan fingerprint density at radius 2 is 1.82 bits per heavy atom. The minimum absolute atomic E-state index is 0.0277. The number of hydrogen-bond acceptors (Lipinski definition) is 2. The fourth-order valence-electron chi connectivity index (χ4n) is 2.15. The maximum absolute atomic E-state index is 12.2. The van der Waals surface area contributed by atoms with E-state index in [-0.39, 0.29) is 5.91 Å². The van der Waals surface area contributed by atoms with E-state index in [2.05, 4.69) is 44.9 Å². The standard InChI is InChI=1S/C18H19BrN2O/c1-2-12-21(13-15-6-4-3-5-7-15)14-18(22)20-17-10-8-16(19)9-11-17/h2-11H,1,12-14H2,(H,20,22). The molecule has 4 heteroatoms. The van der Waals surface area contributed by atoms with E-state index >= 15 is 0 Å². The summed E-state index contributed by atoms with van der Waals surface area (Å²) in [7, 11) is 0. The lowest BCUT2D eigenvalue weighted by atomic mass is 10.2. The molecule has 1 N–H and O–H groups in total. The molecule has 0 saturated carbocycles. The molecule has 0 radical (unpaired) electrons. The molecule has 0 aromatic heterocycles. The average molecular weight is 359 g/mol. The zero-order chi connectivity index (χ0) is 15.8. The highest BCUT2D eigenvalue weighted by molar-refractivity contribution is 9.10. The van der Waals surface area contributed by atoms with Crippen LogP contribution in [0.3, 0.4) is 0 Å². The van der Waals surface area contributed by atoms with E-state index in [1.54, 1.807) is 0 Å². The molecule has 0 aliphatic rings. The van der Waals surface area contributed by atoms with Crippen molar-refractivity contribution >= 4 is 27.5 Å². The predicted octanol–water partition coefficient (Wildman–Crippen LogP) is 4.08. The third-order valence-electron chi connectivity index (χ3n) is 3.13. The van der Waals surface area contributed by atoms with Gasteiger partial charge in [-0.1, -0.05) is 52.3 Å². The van der Waals surface area contributed by atoms with Crippen LogP contribution in [0.25, 0.3) is 0 Å². The fraction of sp³-hybridized carbons (Fsp3) is 0.167. The lowest BCUT2D eigenvalue weighted by Gasteiger charge is -2.20. The van der Waals surface area contributed by atoms with E-state index in [9.17, 15) is 4.79 Å². The molecule has 0 atom stereocenters. The number of nitrogens with zero attached hydrogens (tertiary/aromatic N) is 1. The zero-order valence-corrected chi connectivity index (χ0v) is 13.9. The Morgan fingerprint density at radius 3 is 2.45 bits per heavy atom. The molecule has 2 rings (SSSR count). The topological polar surface area (TPSA) is 32.3 Å². The van der Waals surface area contributed by atoms with Crippen molar-refractivity contribution in [1.82, 2.24) is 4.90 Å². The largest absolute Gasteiger partial charge is 0.325 e. The highest BCUT2D eigenvalue weighted by Gasteiger charge is 2.10. The first kappa shape index (κ1) is 16.5. The molecule has 0 spiro atoms. The number of rotatable bonds is 7. The van der Waals surface area contributed by atoms with Gasteiger partial charge in [-0.15, -0.1) is 6.58 Å². The summed E-state index contributed by atoms with van der Waals surface area (Å²) in [4.78, 5) is 14.2. The highest BCUT2D eigenvalue weighted by Crippen LogP contribution is 2.14. The first-order valence-corrected chi connectivity index (χ1v) is 7.89. The van der Waals surface area contributed by atoms with Crippen molar-refractivity contribution < 1.29 is 4.79 Å². The number of carbonyl (C=O) groups is 1. The summed E-state index contributed by atoms with van der Waals surface area (Å²) in [5.41, 5.74) is 1.98. The minimum Gasteiger partial charge on any atom is -0.325 e. The van der Waals surface area contributed by atoms with E-state index in [1.165, 1.54) is 5.56 Å². The lowest BCUT2D eigenvalue weighted by Crippen LogP contribution is -2.33. The molecule has 0 aliphatic heterocycles. The van der Waals surface area contributed by atoms with Crippen molar-refractivity contribution in [3.63, 3.8) is 0 Å². The van der Waals surface area contributed by atoms with Crippen LogP contribution in [0.5, 0.6) is 0 Å². The number of halogens is 1. The van der Waals surface area contributed by atoms with Crippen molar-refractivity contribution in [2.24, 2.45) is 0 Å². The number of amides is 1. The van der Waals surface area contributed by atoms with Gasteiger partial charge >= 0.3 is 0 Å². The molecule has 0 fully saturated rings. The number of carbonyl (C=O) groups excluding carboxylic acids is 1. The molecule has 0 heterocycles. The van der Waals surface area contributed by atoms with Gasteiger partial charge in [-0.3, -0.25) is 9.69 Å². The summed E-state index contributed by atoms with van der Waals surface area (Å²) < 4.78 is 0.989. The van der Waals surface area contributed by atoms with Crippen LogP contribution in [0.4, 0.5) is 5.69 Å². The SMILES string of the molecule is C=CCN(CC(=O)Nc1ccc(Br)cc1)Cc1ccccc1. The van der Waals surface area contributed by atoms with Crippen LogP contribution in [0.2, 0.25) is 0 Å². The summed E-state index contributed by atoms with van der Waals surface area (Å²) in [6.45, 7) is 5.49. The molecule has 0 bridgehead atoms. The Morgan fingerprint density at radius 1 is 1.14 bits per heavy atom.